The summed E-state index contributed by atoms with van der Waals surface area (Å²) in [6.45, 7) is 7.60. The predicted octanol–water partition coefficient (Wildman–Crippen LogP) is 3.90. The first-order chi connectivity index (χ1) is 10.1. The van der Waals surface area contributed by atoms with Crippen LogP contribution in [0.2, 0.25) is 5.02 Å². The molecule has 2 aromatic rings. The van der Waals surface area contributed by atoms with Crippen LogP contribution in [0.3, 0.4) is 0 Å². The van der Waals surface area contributed by atoms with Gasteiger partial charge in [0.25, 0.3) is 0 Å². The summed E-state index contributed by atoms with van der Waals surface area (Å²) in [6.07, 6.45) is 0.680. The summed E-state index contributed by atoms with van der Waals surface area (Å²) in [7, 11) is 0. The van der Waals surface area contributed by atoms with E-state index < -0.39 is 0 Å². The molecular formula is C16H21ClFN3. The zero-order valence-electron chi connectivity index (χ0n) is 12.7. The molecule has 0 bridgehead atoms. The average molecular weight is 310 g/mol. The molecule has 5 heteroatoms. The summed E-state index contributed by atoms with van der Waals surface area (Å²) in [5, 5.41) is 7.94. The van der Waals surface area contributed by atoms with Crippen molar-refractivity contribution in [2.45, 2.75) is 39.8 Å². The van der Waals surface area contributed by atoms with Gasteiger partial charge in [-0.1, -0.05) is 30.7 Å². The van der Waals surface area contributed by atoms with Crippen molar-refractivity contribution in [1.82, 2.24) is 15.1 Å². The topological polar surface area (TPSA) is 29.9 Å². The van der Waals surface area contributed by atoms with Crippen LogP contribution in [-0.4, -0.2) is 16.3 Å². The highest BCUT2D eigenvalue weighted by molar-refractivity contribution is 6.30. The molecule has 0 radical (unpaired) electrons. The van der Waals surface area contributed by atoms with Gasteiger partial charge in [0.15, 0.2) is 0 Å². The second-order valence-corrected chi connectivity index (χ2v) is 5.46. The van der Waals surface area contributed by atoms with Crippen LogP contribution in [0.5, 0.6) is 0 Å². The van der Waals surface area contributed by atoms with Gasteiger partial charge in [-0.25, -0.2) is 4.39 Å². The van der Waals surface area contributed by atoms with E-state index >= 15 is 0 Å². The van der Waals surface area contributed by atoms with Gasteiger partial charge >= 0.3 is 0 Å². The number of hydrogen-bond acceptors (Lipinski definition) is 2. The lowest BCUT2D eigenvalue weighted by atomic mass is 10.0. The van der Waals surface area contributed by atoms with E-state index in [0.29, 0.717) is 12.0 Å². The summed E-state index contributed by atoms with van der Waals surface area (Å²) in [4.78, 5) is 0. The van der Waals surface area contributed by atoms with Gasteiger partial charge in [-0.3, -0.25) is 4.68 Å². The second kappa shape index (κ2) is 7.05. The first kappa shape index (κ1) is 16.0. The molecule has 0 saturated carbocycles. The Hall–Kier alpha value is -1.39. The van der Waals surface area contributed by atoms with E-state index in [0.717, 1.165) is 24.5 Å². The van der Waals surface area contributed by atoms with Crippen LogP contribution in [0.25, 0.3) is 0 Å². The number of benzene rings is 1. The fraction of sp³-hybridized carbons (Fsp3) is 0.438. The molecule has 1 aromatic heterocycles. The van der Waals surface area contributed by atoms with Gasteiger partial charge in [-0.15, -0.1) is 0 Å². The summed E-state index contributed by atoms with van der Waals surface area (Å²) in [6, 6.07) is 7.08. The van der Waals surface area contributed by atoms with Gasteiger partial charge in [0.1, 0.15) is 5.82 Å². The van der Waals surface area contributed by atoms with Crippen molar-refractivity contribution in [3.63, 3.8) is 0 Å². The number of halogens is 2. The Bertz CT molecular complexity index is 610. The SMILES string of the molecule is CCNC(Cc1cc(C)nn1CC)c1cccc(Cl)c1F. The molecule has 21 heavy (non-hydrogen) atoms. The van der Waals surface area contributed by atoms with E-state index in [4.69, 9.17) is 11.6 Å². The van der Waals surface area contributed by atoms with Crippen LogP contribution >= 0.6 is 11.6 Å². The molecule has 0 fully saturated rings. The molecule has 1 atom stereocenters. The zero-order chi connectivity index (χ0) is 15.4. The third-order valence-electron chi connectivity index (χ3n) is 3.51. The third kappa shape index (κ3) is 3.63. The van der Waals surface area contributed by atoms with Gasteiger partial charge in [0.05, 0.1) is 10.7 Å². The van der Waals surface area contributed by atoms with Crippen molar-refractivity contribution in [1.29, 1.82) is 0 Å². The Balaban J connectivity index is 2.33. The molecule has 1 N–H and O–H groups in total. The quantitative estimate of drug-likeness (QED) is 0.877. The Labute approximate surface area is 130 Å². The number of nitrogens with zero attached hydrogens (tertiary/aromatic N) is 2. The number of aryl methyl sites for hydroxylation is 2. The maximum Gasteiger partial charge on any atom is 0.146 e. The first-order valence-corrected chi connectivity index (χ1v) is 7.65. The zero-order valence-corrected chi connectivity index (χ0v) is 13.4. The molecule has 0 aliphatic rings. The van der Waals surface area contributed by atoms with Crippen LogP contribution in [0, 0.1) is 12.7 Å². The molecule has 114 valence electrons. The van der Waals surface area contributed by atoms with E-state index in [-0.39, 0.29) is 16.9 Å². The Kier molecular flexibility index (Phi) is 5.37. The number of rotatable bonds is 6. The Morgan fingerprint density at radius 1 is 1.38 bits per heavy atom. The van der Waals surface area contributed by atoms with Gasteiger partial charge < -0.3 is 5.32 Å². The van der Waals surface area contributed by atoms with Crippen LogP contribution in [0.15, 0.2) is 24.3 Å². The summed E-state index contributed by atoms with van der Waals surface area (Å²) in [5.74, 6) is -0.343. The van der Waals surface area contributed by atoms with E-state index in [9.17, 15) is 4.39 Å². The van der Waals surface area contributed by atoms with Crippen molar-refractivity contribution in [3.8, 4) is 0 Å². The smallest absolute Gasteiger partial charge is 0.146 e. The second-order valence-electron chi connectivity index (χ2n) is 5.05. The fourth-order valence-electron chi connectivity index (χ4n) is 2.57. The molecule has 1 heterocycles. The van der Waals surface area contributed by atoms with Crippen molar-refractivity contribution in [2.75, 3.05) is 6.54 Å². The number of aromatic nitrogens is 2. The van der Waals surface area contributed by atoms with Crippen LogP contribution in [-0.2, 0) is 13.0 Å². The summed E-state index contributed by atoms with van der Waals surface area (Å²) < 4.78 is 16.2. The minimum atomic E-state index is -0.343. The molecule has 1 unspecified atom stereocenters. The Morgan fingerprint density at radius 2 is 2.14 bits per heavy atom. The predicted molar refractivity (Wildman–Crippen MR) is 84.2 cm³/mol. The molecule has 0 spiro atoms. The van der Waals surface area contributed by atoms with Crippen molar-refractivity contribution >= 4 is 11.6 Å². The molecule has 0 aliphatic carbocycles. The van der Waals surface area contributed by atoms with E-state index in [1.165, 1.54) is 0 Å². The minimum absolute atomic E-state index is 0.116. The average Bonchev–Trinajstić information content (AvgIpc) is 2.81. The summed E-state index contributed by atoms with van der Waals surface area (Å²) >= 11 is 5.90. The largest absolute Gasteiger partial charge is 0.310 e. The van der Waals surface area contributed by atoms with Gasteiger partial charge in [0.2, 0.25) is 0 Å². The van der Waals surface area contributed by atoms with Gasteiger partial charge in [-0.05, 0) is 32.5 Å². The number of nitrogens with one attached hydrogen (secondary N) is 1. The molecular weight excluding hydrogens is 289 g/mol. The van der Waals surface area contributed by atoms with Crippen molar-refractivity contribution < 1.29 is 4.39 Å². The highest BCUT2D eigenvalue weighted by Gasteiger charge is 2.19. The van der Waals surface area contributed by atoms with Crippen molar-refractivity contribution in [2.24, 2.45) is 0 Å². The molecule has 0 saturated heterocycles. The van der Waals surface area contributed by atoms with Crippen LogP contribution in [0.4, 0.5) is 4.39 Å². The van der Waals surface area contributed by atoms with E-state index in [1.807, 2.05) is 18.5 Å². The van der Waals surface area contributed by atoms with Crippen LogP contribution < -0.4 is 5.32 Å². The maximum atomic E-state index is 14.3. The number of hydrogen-bond donors (Lipinski definition) is 1. The molecule has 3 nitrogen and oxygen atoms in total. The fourth-order valence-corrected chi connectivity index (χ4v) is 2.76. The standard InChI is InChI=1S/C16H21ClFN3/c1-4-19-15(13-7-6-8-14(17)16(13)18)10-12-9-11(3)20-21(12)5-2/h6-9,15,19H,4-5,10H2,1-3H3. The molecule has 1 aromatic carbocycles. The highest BCUT2D eigenvalue weighted by atomic mass is 35.5. The Morgan fingerprint density at radius 3 is 2.81 bits per heavy atom. The molecule has 0 aliphatic heterocycles. The van der Waals surface area contributed by atoms with E-state index in [2.05, 4.69) is 23.4 Å². The number of likely N-dealkylation sites (N-methyl/N-ethyl adjacent to an activating group) is 1. The third-order valence-corrected chi connectivity index (χ3v) is 3.80. The monoisotopic (exact) mass is 309 g/mol. The van der Waals surface area contributed by atoms with Crippen molar-refractivity contribution in [3.05, 3.63) is 52.1 Å². The highest BCUT2D eigenvalue weighted by Crippen LogP contribution is 2.26. The molecule has 0 amide bonds. The van der Waals surface area contributed by atoms with Crippen LogP contribution in [0.1, 0.15) is 36.8 Å². The maximum absolute atomic E-state index is 14.3. The molecule has 2 rings (SSSR count). The van der Waals surface area contributed by atoms with Gasteiger partial charge in [-0.2, -0.15) is 5.10 Å². The van der Waals surface area contributed by atoms with Gasteiger partial charge in [0, 0.05) is 30.3 Å². The lowest BCUT2D eigenvalue weighted by Crippen LogP contribution is -2.25. The minimum Gasteiger partial charge on any atom is -0.310 e. The summed E-state index contributed by atoms with van der Waals surface area (Å²) in [5.41, 5.74) is 2.68. The lowest BCUT2D eigenvalue weighted by Gasteiger charge is -2.20. The first-order valence-electron chi connectivity index (χ1n) is 7.27. The van der Waals surface area contributed by atoms with E-state index in [1.54, 1.807) is 18.2 Å². The lowest BCUT2D eigenvalue weighted by molar-refractivity contribution is 0.490. The normalized spacial score (nSPS) is 12.6.